The Morgan fingerprint density at radius 2 is 1.70 bits per heavy atom. The summed E-state index contributed by atoms with van der Waals surface area (Å²) >= 11 is 0. The largest absolute Gasteiger partial charge is 0.483 e. The molecule has 3 aliphatic rings. The minimum Gasteiger partial charge on any atom is -0.483 e. The van der Waals surface area contributed by atoms with Crippen molar-refractivity contribution in [2.24, 2.45) is 0 Å². The number of nitrogens with one attached hydrogen (secondary N) is 3. The van der Waals surface area contributed by atoms with E-state index in [1.54, 1.807) is 0 Å². The third kappa shape index (κ3) is 8.59. The maximum atomic E-state index is 13.0. The van der Waals surface area contributed by atoms with Crippen molar-refractivity contribution >= 4 is 54.3 Å². The van der Waals surface area contributed by atoms with Gasteiger partial charge in [0.05, 0.1) is 37.6 Å². The van der Waals surface area contributed by atoms with E-state index in [0.29, 0.717) is 26.4 Å². The number of halogens is 2. The van der Waals surface area contributed by atoms with E-state index in [1.807, 2.05) is 0 Å². The summed E-state index contributed by atoms with van der Waals surface area (Å²) in [5, 5.41) is 8.13. The minimum absolute atomic E-state index is 0. The first-order valence-electron chi connectivity index (χ1n) is 12.8. The molecule has 0 saturated carbocycles. The van der Waals surface area contributed by atoms with E-state index < -0.39 is 35.6 Å². The normalized spacial score (nSPS) is 18.9. The first-order chi connectivity index (χ1) is 18.5. The van der Waals surface area contributed by atoms with Crippen LogP contribution in [0.3, 0.4) is 0 Å². The molecule has 3 N–H and O–H groups in total. The van der Waals surface area contributed by atoms with Crippen LogP contribution in [0.4, 0.5) is 0 Å². The SMILES string of the molecule is Cl.Cl.O=C(COc1cccc2c1C(=O)N(C1CCC(=O)NC1=O)C2=O)NCCOCCOCCN1CCNCC1. The van der Waals surface area contributed by atoms with E-state index in [4.69, 9.17) is 14.2 Å². The highest BCUT2D eigenvalue weighted by Gasteiger charge is 2.46. The summed E-state index contributed by atoms with van der Waals surface area (Å²) in [6.45, 7) is 6.74. The number of benzene rings is 1. The molecule has 0 radical (unpaired) electrons. The molecule has 5 amide bonds. The molecular weight excluding hydrogens is 569 g/mol. The Bertz CT molecular complexity index is 1070. The lowest BCUT2D eigenvalue weighted by Gasteiger charge is -2.27. The van der Waals surface area contributed by atoms with Crippen molar-refractivity contribution in [1.82, 2.24) is 25.8 Å². The van der Waals surface area contributed by atoms with Gasteiger partial charge in [0.15, 0.2) is 6.61 Å². The molecule has 0 bridgehead atoms. The maximum Gasteiger partial charge on any atom is 0.266 e. The third-order valence-corrected chi connectivity index (χ3v) is 6.49. The Morgan fingerprint density at radius 3 is 2.42 bits per heavy atom. The fourth-order valence-corrected chi connectivity index (χ4v) is 4.51. The lowest BCUT2D eigenvalue weighted by molar-refractivity contribution is -0.136. The van der Waals surface area contributed by atoms with Crippen molar-refractivity contribution in [3.8, 4) is 5.75 Å². The molecule has 0 aromatic heterocycles. The highest BCUT2D eigenvalue weighted by molar-refractivity contribution is 6.24. The van der Waals surface area contributed by atoms with Crippen LogP contribution in [0.5, 0.6) is 5.75 Å². The topological polar surface area (TPSA) is 156 Å². The molecule has 1 unspecified atom stereocenters. The lowest BCUT2D eigenvalue weighted by atomic mass is 10.0. The van der Waals surface area contributed by atoms with Crippen molar-refractivity contribution in [1.29, 1.82) is 0 Å². The standard InChI is InChI=1S/C25H33N5O8.2ClH/c31-20-5-4-18(23(33)28-20)30-24(34)17-2-1-3-19(22(17)25(30)35)38-16-21(32)27-8-12-36-14-15-37-13-11-29-9-6-26-7-10-29;;/h1-3,18,26H,4-16H2,(H,27,32)(H,28,31,33);2*1H. The van der Waals surface area contributed by atoms with Gasteiger partial charge in [0, 0.05) is 45.7 Å². The smallest absolute Gasteiger partial charge is 0.266 e. The quantitative estimate of drug-likeness (QED) is 0.196. The molecule has 4 rings (SSSR count). The van der Waals surface area contributed by atoms with Gasteiger partial charge < -0.3 is 24.8 Å². The van der Waals surface area contributed by atoms with Crippen molar-refractivity contribution in [2.45, 2.75) is 18.9 Å². The van der Waals surface area contributed by atoms with Gasteiger partial charge in [0.1, 0.15) is 11.8 Å². The Kier molecular flexibility index (Phi) is 13.7. The van der Waals surface area contributed by atoms with Crippen LogP contribution in [0.1, 0.15) is 33.6 Å². The van der Waals surface area contributed by atoms with Crippen LogP contribution in [-0.2, 0) is 23.9 Å². The fourth-order valence-electron chi connectivity index (χ4n) is 4.51. The lowest BCUT2D eigenvalue weighted by Crippen LogP contribution is -2.54. The molecule has 1 aromatic carbocycles. The number of hydrogen-bond donors (Lipinski definition) is 3. The second kappa shape index (κ2) is 16.5. The van der Waals surface area contributed by atoms with Crippen LogP contribution in [0.25, 0.3) is 0 Å². The minimum atomic E-state index is -1.08. The number of rotatable bonds is 13. The molecule has 13 nitrogen and oxygen atoms in total. The molecule has 2 fully saturated rings. The van der Waals surface area contributed by atoms with Gasteiger partial charge in [-0.05, 0) is 18.6 Å². The highest BCUT2D eigenvalue weighted by atomic mass is 35.5. The number of hydrogen-bond acceptors (Lipinski definition) is 10. The van der Waals surface area contributed by atoms with Gasteiger partial charge in [-0.1, -0.05) is 6.07 Å². The van der Waals surface area contributed by atoms with E-state index in [-0.39, 0.29) is 67.7 Å². The number of amides is 5. The van der Waals surface area contributed by atoms with Gasteiger partial charge >= 0.3 is 0 Å². The zero-order chi connectivity index (χ0) is 26.9. The summed E-state index contributed by atoms with van der Waals surface area (Å²) in [7, 11) is 0. The van der Waals surface area contributed by atoms with E-state index in [1.165, 1.54) is 18.2 Å². The number of imide groups is 2. The Balaban J connectivity index is 0.00000280. The summed E-state index contributed by atoms with van der Waals surface area (Å²) < 4.78 is 16.6. The maximum absolute atomic E-state index is 13.0. The molecule has 40 heavy (non-hydrogen) atoms. The van der Waals surface area contributed by atoms with Gasteiger partial charge in [0.2, 0.25) is 11.8 Å². The molecule has 222 valence electrons. The van der Waals surface area contributed by atoms with Gasteiger partial charge in [-0.3, -0.25) is 39.1 Å². The number of carbonyl (C=O) groups excluding carboxylic acids is 5. The predicted octanol–water partition coefficient (Wildman–Crippen LogP) is -0.635. The van der Waals surface area contributed by atoms with E-state index in [0.717, 1.165) is 37.6 Å². The zero-order valence-corrected chi connectivity index (χ0v) is 23.6. The van der Waals surface area contributed by atoms with Gasteiger partial charge in [-0.2, -0.15) is 0 Å². The summed E-state index contributed by atoms with van der Waals surface area (Å²) in [5.41, 5.74) is 0.0800. The average molecular weight is 604 g/mol. The molecule has 1 aromatic rings. The van der Waals surface area contributed by atoms with Crippen molar-refractivity contribution in [3.63, 3.8) is 0 Å². The van der Waals surface area contributed by atoms with Gasteiger partial charge in [0.25, 0.3) is 17.7 Å². The number of piperazine rings is 1. The molecule has 0 spiro atoms. The number of piperidine rings is 1. The molecular formula is C25H35Cl2N5O8. The third-order valence-electron chi connectivity index (χ3n) is 6.49. The van der Waals surface area contributed by atoms with Crippen molar-refractivity contribution in [3.05, 3.63) is 29.3 Å². The highest BCUT2D eigenvalue weighted by Crippen LogP contribution is 2.33. The van der Waals surface area contributed by atoms with Gasteiger partial charge in [-0.25, -0.2) is 0 Å². The van der Waals surface area contributed by atoms with Crippen LogP contribution >= 0.6 is 24.8 Å². The van der Waals surface area contributed by atoms with Gasteiger partial charge in [-0.15, -0.1) is 24.8 Å². The first kappa shape index (κ1) is 33.4. The van der Waals surface area contributed by atoms with E-state index in [9.17, 15) is 24.0 Å². The summed E-state index contributed by atoms with van der Waals surface area (Å²) in [6.07, 6.45) is 0.0837. The van der Waals surface area contributed by atoms with Crippen molar-refractivity contribution in [2.75, 3.05) is 72.3 Å². The molecule has 3 heterocycles. The summed E-state index contributed by atoms with van der Waals surface area (Å²) in [6, 6.07) is 3.40. The Morgan fingerprint density at radius 1 is 0.975 bits per heavy atom. The molecule has 1 atom stereocenters. The van der Waals surface area contributed by atoms with Crippen molar-refractivity contribution < 1.29 is 38.2 Å². The van der Waals surface area contributed by atoms with Crippen LogP contribution in [0.2, 0.25) is 0 Å². The number of fused-ring (bicyclic) bond motifs is 1. The fraction of sp³-hybridized carbons (Fsp3) is 0.560. The summed E-state index contributed by atoms with van der Waals surface area (Å²) in [4.78, 5) is 65.0. The number of nitrogens with zero attached hydrogens (tertiary/aromatic N) is 2. The second-order valence-corrected chi connectivity index (χ2v) is 9.08. The average Bonchev–Trinajstić information content (AvgIpc) is 3.17. The Hall–Kier alpha value is -2.81. The van der Waals surface area contributed by atoms with Crippen LogP contribution < -0.4 is 20.7 Å². The van der Waals surface area contributed by atoms with Crippen LogP contribution in [-0.4, -0.2) is 118 Å². The second-order valence-electron chi connectivity index (χ2n) is 9.08. The Labute approximate surface area is 244 Å². The predicted molar refractivity (Wildman–Crippen MR) is 147 cm³/mol. The molecule has 3 aliphatic heterocycles. The number of carbonyl (C=O) groups is 5. The van der Waals surface area contributed by atoms with E-state index >= 15 is 0 Å². The van der Waals surface area contributed by atoms with E-state index in [2.05, 4.69) is 20.9 Å². The zero-order valence-electron chi connectivity index (χ0n) is 22.0. The molecule has 2 saturated heterocycles. The van der Waals surface area contributed by atoms with Crippen LogP contribution in [0.15, 0.2) is 18.2 Å². The molecule has 0 aliphatic carbocycles. The molecule has 15 heteroatoms. The monoisotopic (exact) mass is 603 g/mol. The summed E-state index contributed by atoms with van der Waals surface area (Å²) in [5.74, 6) is -2.82. The first-order valence-corrected chi connectivity index (χ1v) is 12.8. The number of ether oxygens (including phenoxy) is 3. The van der Waals surface area contributed by atoms with Crippen LogP contribution in [0, 0.1) is 0 Å².